The second-order valence-electron chi connectivity index (χ2n) is 4.53. The Balaban J connectivity index is 0. The van der Waals surface area contributed by atoms with Crippen molar-refractivity contribution >= 4 is 9.05 Å². The van der Waals surface area contributed by atoms with Gasteiger partial charge in [-0.2, -0.15) is 0 Å². The summed E-state index contributed by atoms with van der Waals surface area (Å²) in [7, 11) is -3.50. The van der Waals surface area contributed by atoms with Crippen LogP contribution in [0.2, 0.25) is 0 Å². The summed E-state index contributed by atoms with van der Waals surface area (Å²) in [6.07, 6.45) is 2.30. The molecule has 0 rings (SSSR count). The van der Waals surface area contributed by atoms with E-state index in [0.29, 0.717) is 0 Å². The molecule has 0 saturated carbocycles. The first-order chi connectivity index (χ1) is 7.86. The third-order valence-electron chi connectivity index (χ3n) is 2.78. The first-order valence-corrected chi connectivity index (χ1v) is 8.29. The molecule has 4 nitrogen and oxygen atoms in total. The molecule has 0 aromatic heterocycles. The van der Waals surface area contributed by atoms with E-state index in [4.69, 9.17) is 13.3 Å². The summed E-state index contributed by atoms with van der Waals surface area (Å²) in [5.74, 6) is 0. The average molecular weight is 312 g/mol. The number of hydrogen-bond acceptors (Lipinski definition) is 4. The molecule has 0 amide bonds. The third-order valence-corrected chi connectivity index (χ3v) is 4.88. The molecule has 108 valence electrons. The molecule has 1 N–H and O–H groups in total. The molecule has 0 aliphatic heterocycles. The quantitative estimate of drug-likeness (QED) is 0.665. The molecule has 3 unspecified atom stereocenters. The molecular formula is C12H28O4SiTi. The molecule has 0 aliphatic carbocycles. The molecule has 0 radical (unpaired) electrons. The molecular weight excluding hydrogens is 284 g/mol. The number of hydrogen-bond donors (Lipinski definition) is 1. The maximum Gasteiger partial charge on any atom is 0.677 e. The topological polar surface area (TPSA) is 47.9 Å². The zero-order valence-electron chi connectivity index (χ0n) is 12.5. The van der Waals surface area contributed by atoms with E-state index in [1.165, 1.54) is 0 Å². The van der Waals surface area contributed by atoms with Crippen LogP contribution in [-0.2, 0) is 35.0 Å². The van der Waals surface area contributed by atoms with Crippen LogP contribution < -0.4 is 0 Å². The van der Waals surface area contributed by atoms with Gasteiger partial charge in [-0.3, -0.25) is 0 Å². The molecule has 0 aromatic carbocycles. The molecule has 0 aliphatic rings. The van der Waals surface area contributed by atoms with Gasteiger partial charge in [-0.1, -0.05) is 20.8 Å². The van der Waals surface area contributed by atoms with Gasteiger partial charge in [0.15, 0.2) is 0 Å². The summed E-state index contributed by atoms with van der Waals surface area (Å²) in [4.78, 5) is 10.4. The van der Waals surface area contributed by atoms with Crippen molar-refractivity contribution in [3.8, 4) is 0 Å². The molecule has 6 heteroatoms. The molecule has 0 fully saturated rings. The Morgan fingerprint density at radius 2 is 1.00 bits per heavy atom. The van der Waals surface area contributed by atoms with Crippen molar-refractivity contribution < 1.29 is 39.8 Å². The van der Waals surface area contributed by atoms with Crippen molar-refractivity contribution in [3.05, 3.63) is 0 Å². The van der Waals surface area contributed by atoms with Gasteiger partial charge in [-0.05, 0) is 40.0 Å². The fourth-order valence-electron chi connectivity index (χ4n) is 1.10. The van der Waals surface area contributed by atoms with Crippen LogP contribution in [0.25, 0.3) is 0 Å². The van der Waals surface area contributed by atoms with E-state index in [1.807, 2.05) is 41.5 Å². The molecule has 0 aromatic rings. The van der Waals surface area contributed by atoms with Gasteiger partial charge in [-0.25, -0.2) is 0 Å². The van der Waals surface area contributed by atoms with Gasteiger partial charge in [0.25, 0.3) is 0 Å². The van der Waals surface area contributed by atoms with E-state index in [2.05, 4.69) is 0 Å². The predicted octanol–water partition coefficient (Wildman–Crippen LogP) is 2.86. The minimum absolute atomic E-state index is 0. The molecule has 0 heterocycles. The minimum Gasteiger partial charge on any atom is -0.367 e. The fraction of sp³-hybridized carbons (Fsp3) is 1.00. The van der Waals surface area contributed by atoms with E-state index in [9.17, 15) is 4.80 Å². The maximum absolute atomic E-state index is 10.4. The van der Waals surface area contributed by atoms with Crippen LogP contribution in [0.4, 0.5) is 0 Å². The Bertz CT molecular complexity index is 175. The fourth-order valence-corrected chi connectivity index (χ4v) is 3.29. The summed E-state index contributed by atoms with van der Waals surface area (Å²) < 4.78 is 16.7. The van der Waals surface area contributed by atoms with Crippen LogP contribution in [0.3, 0.4) is 0 Å². The van der Waals surface area contributed by atoms with E-state index < -0.39 is 9.05 Å². The second-order valence-corrected chi connectivity index (χ2v) is 6.29. The monoisotopic (exact) mass is 312 g/mol. The summed E-state index contributed by atoms with van der Waals surface area (Å²) in [6, 6.07) is 0. The van der Waals surface area contributed by atoms with Crippen LogP contribution in [0.1, 0.15) is 60.8 Å². The van der Waals surface area contributed by atoms with Crippen molar-refractivity contribution in [2.24, 2.45) is 0 Å². The van der Waals surface area contributed by atoms with Crippen LogP contribution in [0.5, 0.6) is 0 Å². The summed E-state index contributed by atoms with van der Waals surface area (Å²) in [5.41, 5.74) is 0. The second kappa shape index (κ2) is 10.5. The SMILES string of the molecule is CCC(C)O[Si](O)(OC(C)CC)OC(C)CC.[Ti]. The Kier molecular flexibility index (Phi) is 12.3. The zero-order valence-corrected chi connectivity index (χ0v) is 15.1. The van der Waals surface area contributed by atoms with Gasteiger partial charge < -0.3 is 18.1 Å². The van der Waals surface area contributed by atoms with Crippen molar-refractivity contribution in [3.63, 3.8) is 0 Å². The van der Waals surface area contributed by atoms with E-state index in [-0.39, 0.29) is 40.0 Å². The van der Waals surface area contributed by atoms with Crippen LogP contribution in [-0.4, -0.2) is 32.2 Å². The average Bonchev–Trinajstić information content (AvgIpc) is 2.27. The Hall–Kier alpha value is 0.771. The van der Waals surface area contributed by atoms with Crippen LogP contribution in [0, 0.1) is 0 Å². The maximum atomic E-state index is 10.4. The van der Waals surface area contributed by atoms with Crippen molar-refractivity contribution in [1.29, 1.82) is 0 Å². The molecule has 0 saturated heterocycles. The van der Waals surface area contributed by atoms with Gasteiger partial charge in [-0.15, -0.1) is 0 Å². The van der Waals surface area contributed by atoms with Gasteiger partial charge in [0.1, 0.15) is 0 Å². The Labute approximate surface area is 128 Å². The van der Waals surface area contributed by atoms with Gasteiger partial charge in [0.2, 0.25) is 0 Å². The zero-order chi connectivity index (χ0) is 13.5. The van der Waals surface area contributed by atoms with Crippen LogP contribution in [0.15, 0.2) is 0 Å². The summed E-state index contributed by atoms with van der Waals surface area (Å²) in [5, 5.41) is 0. The molecule has 18 heavy (non-hydrogen) atoms. The minimum atomic E-state index is -3.50. The van der Waals surface area contributed by atoms with Gasteiger partial charge in [0, 0.05) is 40.0 Å². The summed E-state index contributed by atoms with van der Waals surface area (Å²) >= 11 is 0. The van der Waals surface area contributed by atoms with E-state index in [0.717, 1.165) is 19.3 Å². The van der Waals surface area contributed by atoms with E-state index in [1.54, 1.807) is 0 Å². The van der Waals surface area contributed by atoms with Crippen LogP contribution >= 0.6 is 0 Å². The Morgan fingerprint density at radius 1 is 0.778 bits per heavy atom. The number of rotatable bonds is 9. The van der Waals surface area contributed by atoms with Crippen molar-refractivity contribution in [2.45, 2.75) is 79.1 Å². The normalized spacial score (nSPS) is 19.5. The largest absolute Gasteiger partial charge is 0.677 e. The summed E-state index contributed by atoms with van der Waals surface area (Å²) in [6.45, 7) is 11.8. The van der Waals surface area contributed by atoms with Gasteiger partial charge >= 0.3 is 9.05 Å². The first kappa shape index (κ1) is 21.1. The van der Waals surface area contributed by atoms with Crippen molar-refractivity contribution in [1.82, 2.24) is 0 Å². The molecule has 0 spiro atoms. The van der Waals surface area contributed by atoms with E-state index >= 15 is 0 Å². The van der Waals surface area contributed by atoms with Gasteiger partial charge in [0.05, 0.1) is 0 Å². The first-order valence-electron chi connectivity index (χ1n) is 6.62. The molecule has 0 bridgehead atoms. The molecule has 3 atom stereocenters. The Morgan fingerprint density at radius 3 is 1.17 bits per heavy atom. The smallest absolute Gasteiger partial charge is 0.367 e. The standard InChI is InChI=1S/C12H28O4Si.Ti/c1-7-10(4)14-17(13,15-11(5)8-2)16-12(6)9-3;/h10-13H,7-9H2,1-6H3;. The predicted molar refractivity (Wildman–Crippen MR) is 70.5 cm³/mol. The van der Waals surface area contributed by atoms with Crippen molar-refractivity contribution in [2.75, 3.05) is 0 Å². The third kappa shape index (κ3) is 8.80.